The summed E-state index contributed by atoms with van der Waals surface area (Å²) < 4.78 is 17.1. The number of benzene rings is 1. The molecule has 0 heterocycles. The molecule has 0 aliphatic heterocycles. The van der Waals surface area contributed by atoms with E-state index >= 15 is 0 Å². The first-order chi connectivity index (χ1) is 14.3. The van der Waals surface area contributed by atoms with Gasteiger partial charge in [0.25, 0.3) is 0 Å². The summed E-state index contributed by atoms with van der Waals surface area (Å²) in [6, 6.07) is 5.56. The lowest BCUT2D eigenvalue weighted by atomic mass is 9.52. The van der Waals surface area contributed by atoms with Gasteiger partial charge in [-0.1, -0.05) is 6.07 Å². The zero-order valence-corrected chi connectivity index (χ0v) is 18.9. The van der Waals surface area contributed by atoms with Crippen molar-refractivity contribution in [2.24, 2.45) is 17.8 Å². The average Bonchev–Trinajstić information content (AvgIpc) is 2.70. The molecule has 0 radical (unpaired) electrons. The molecule has 4 saturated carbocycles. The second-order valence-electron chi connectivity index (χ2n) is 10.2. The molecule has 0 saturated heterocycles. The van der Waals surface area contributed by atoms with Crippen molar-refractivity contribution < 1.29 is 23.5 Å². The van der Waals surface area contributed by atoms with Gasteiger partial charge >= 0.3 is 5.97 Å². The van der Waals surface area contributed by atoms with Crippen LogP contribution in [-0.2, 0) is 9.53 Å². The molecule has 4 fully saturated rings. The summed E-state index contributed by atoms with van der Waals surface area (Å²) in [5.41, 5.74) is 1.27. The van der Waals surface area contributed by atoms with Gasteiger partial charge in [0.2, 0.25) is 0 Å². The fraction of sp³-hybridized carbons (Fsp3) is 0.640. The number of nitrogens with zero attached hydrogens (tertiary/aromatic N) is 1. The second-order valence-corrected chi connectivity index (χ2v) is 10.2. The van der Waals surface area contributed by atoms with Crippen LogP contribution < -0.4 is 9.47 Å². The summed E-state index contributed by atoms with van der Waals surface area (Å²) in [6.07, 6.45) is 11.7. The Morgan fingerprint density at radius 3 is 2.20 bits per heavy atom. The van der Waals surface area contributed by atoms with Crippen LogP contribution in [0.4, 0.5) is 0 Å². The van der Waals surface area contributed by atoms with Crippen molar-refractivity contribution in [2.45, 2.75) is 44.1 Å². The van der Waals surface area contributed by atoms with Crippen LogP contribution in [0.1, 0.15) is 44.1 Å². The highest BCUT2D eigenvalue weighted by Gasteiger charge is 2.58. The van der Waals surface area contributed by atoms with Gasteiger partial charge in [0.1, 0.15) is 13.2 Å². The summed E-state index contributed by atoms with van der Waals surface area (Å²) in [6.45, 7) is 1.34. The molecule has 4 aliphatic rings. The molecule has 0 atom stereocenters. The third-order valence-corrected chi connectivity index (χ3v) is 8.00. The Morgan fingerprint density at radius 2 is 1.63 bits per heavy atom. The van der Waals surface area contributed by atoms with E-state index in [-0.39, 0.29) is 5.97 Å². The van der Waals surface area contributed by atoms with Crippen LogP contribution in [0.2, 0.25) is 0 Å². The lowest BCUT2D eigenvalue weighted by Gasteiger charge is -2.62. The lowest BCUT2D eigenvalue weighted by molar-refractivity contribution is -0.948. The maximum Gasteiger partial charge on any atom is 0.330 e. The van der Waals surface area contributed by atoms with Crippen molar-refractivity contribution in [3.05, 3.63) is 29.8 Å². The smallest absolute Gasteiger partial charge is 0.330 e. The van der Waals surface area contributed by atoms with Gasteiger partial charge in [-0.3, -0.25) is 0 Å². The molecule has 4 aliphatic carbocycles. The van der Waals surface area contributed by atoms with E-state index in [1.54, 1.807) is 20.3 Å². The molecule has 0 aromatic heterocycles. The first-order valence-corrected chi connectivity index (χ1v) is 11.2. The maximum atomic E-state index is 12.3. The SMILES string of the molecule is COc1ccc(/C=C/C(=O)OCC[N+](C)(C)C23CC4CC(CC(C4)C2)C3)cc1OC. The number of likely N-dealkylation sites (N-methyl/N-ethyl adjacent to an activating group) is 1. The molecule has 5 nitrogen and oxygen atoms in total. The van der Waals surface area contributed by atoms with Gasteiger partial charge in [0.15, 0.2) is 11.5 Å². The van der Waals surface area contributed by atoms with E-state index in [1.807, 2.05) is 18.2 Å². The number of methoxy groups -OCH3 is 2. The monoisotopic (exact) mass is 414 g/mol. The molecule has 164 valence electrons. The van der Waals surface area contributed by atoms with Gasteiger partial charge in [0.05, 0.1) is 33.9 Å². The predicted molar refractivity (Wildman–Crippen MR) is 117 cm³/mol. The summed E-state index contributed by atoms with van der Waals surface area (Å²) in [7, 11) is 7.90. The highest BCUT2D eigenvalue weighted by Crippen LogP contribution is 2.58. The number of rotatable bonds is 8. The van der Waals surface area contributed by atoms with E-state index in [2.05, 4.69) is 14.1 Å². The van der Waals surface area contributed by atoms with Crippen LogP contribution in [0.5, 0.6) is 11.5 Å². The molecular weight excluding hydrogens is 378 g/mol. The van der Waals surface area contributed by atoms with Gasteiger partial charge in [-0.05, 0) is 60.8 Å². The predicted octanol–water partition coefficient (Wildman–Crippen LogP) is 4.31. The van der Waals surface area contributed by atoms with Crippen molar-refractivity contribution in [3.63, 3.8) is 0 Å². The van der Waals surface area contributed by atoms with Crippen molar-refractivity contribution in [3.8, 4) is 11.5 Å². The summed E-state index contributed by atoms with van der Waals surface area (Å²) in [5, 5.41) is 0. The number of carbonyl (C=O) groups excluding carboxylic acids is 1. The molecule has 0 amide bonds. The van der Waals surface area contributed by atoms with E-state index in [4.69, 9.17) is 14.2 Å². The fourth-order valence-electron chi connectivity index (χ4n) is 6.59. The molecule has 4 bridgehead atoms. The van der Waals surface area contributed by atoms with Crippen LogP contribution in [-0.4, -0.2) is 57.5 Å². The van der Waals surface area contributed by atoms with Crippen molar-refractivity contribution in [2.75, 3.05) is 41.5 Å². The first-order valence-electron chi connectivity index (χ1n) is 11.2. The van der Waals surface area contributed by atoms with E-state index in [9.17, 15) is 4.79 Å². The molecule has 30 heavy (non-hydrogen) atoms. The third kappa shape index (κ3) is 4.09. The summed E-state index contributed by atoms with van der Waals surface area (Å²) in [5.74, 6) is 3.81. The van der Waals surface area contributed by atoms with Gasteiger partial charge < -0.3 is 18.7 Å². The van der Waals surface area contributed by atoms with Crippen LogP contribution >= 0.6 is 0 Å². The van der Waals surface area contributed by atoms with Crippen LogP contribution in [0.3, 0.4) is 0 Å². The largest absolute Gasteiger partial charge is 0.493 e. The molecule has 1 aromatic carbocycles. The average molecular weight is 415 g/mol. The number of hydrogen-bond acceptors (Lipinski definition) is 4. The minimum absolute atomic E-state index is 0.296. The second kappa shape index (κ2) is 8.26. The van der Waals surface area contributed by atoms with Gasteiger partial charge in [-0.2, -0.15) is 0 Å². The Labute approximate surface area is 180 Å². The standard InChI is InChI=1S/C25H36NO4/c1-26(2,25-15-19-11-20(16-25)13-21(12-19)17-25)9-10-30-24(27)8-6-18-5-7-22(28-3)23(14-18)29-4/h5-8,14,19-21H,9-13,15-17H2,1-4H3/q+1/b8-6+. The van der Waals surface area contributed by atoms with E-state index < -0.39 is 0 Å². The van der Waals surface area contributed by atoms with E-state index in [0.717, 1.165) is 34.3 Å². The number of carbonyl (C=O) groups is 1. The van der Waals surface area contributed by atoms with Gasteiger partial charge in [-0.25, -0.2) is 4.79 Å². The first kappa shape index (κ1) is 21.2. The fourth-order valence-corrected chi connectivity index (χ4v) is 6.59. The third-order valence-electron chi connectivity index (χ3n) is 8.00. The molecule has 5 heteroatoms. The maximum absolute atomic E-state index is 12.3. The van der Waals surface area contributed by atoms with E-state index in [0.29, 0.717) is 23.6 Å². The Kier molecular flexibility index (Phi) is 5.84. The van der Waals surface area contributed by atoms with Crippen molar-refractivity contribution >= 4 is 12.0 Å². The zero-order valence-electron chi connectivity index (χ0n) is 18.9. The number of quaternary nitrogens is 1. The highest BCUT2D eigenvalue weighted by atomic mass is 16.5. The topological polar surface area (TPSA) is 44.8 Å². The molecule has 0 N–H and O–H groups in total. The Hall–Kier alpha value is -2.01. The van der Waals surface area contributed by atoms with Crippen LogP contribution in [0.25, 0.3) is 6.08 Å². The minimum Gasteiger partial charge on any atom is -0.493 e. The normalized spacial score (nSPS) is 29.9. The van der Waals surface area contributed by atoms with Crippen molar-refractivity contribution in [1.82, 2.24) is 0 Å². The van der Waals surface area contributed by atoms with Crippen LogP contribution in [0, 0.1) is 17.8 Å². The molecule has 0 unspecified atom stereocenters. The number of ether oxygens (including phenoxy) is 3. The Bertz CT molecular complexity index is 778. The molecule has 1 aromatic rings. The van der Waals surface area contributed by atoms with Crippen molar-refractivity contribution in [1.29, 1.82) is 0 Å². The molecule has 0 spiro atoms. The summed E-state index contributed by atoms with van der Waals surface area (Å²) in [4.78, 5) is 12.3. The number of esters is 1. The summed E-state index contributed by atoms with van der Waals surface area (Å²) >= 11 is 0. The lowest BCUT2D eigenvalue weighted by Crippen LogP contribution is -2.67. The minimum atomic E-state index is -0.296. The molecular formula is C25H36NO4+. The molecule has 5 rings (SSSR count). The zero-order chi connectivity index (χ0) is 21.4. The Morgan fingerprint density at radius 1 is 1.03 bits per heavy atom. The quantitative estimate of drug-likeness (QED) is 0.361. The van der Waals surface area contributed by atoms with E-state index in [1.165, 1.54) is 44.6 Å². The Balaban J connectivity index is 1.31. The van der Waals surface area contributed by atoms with Gasteiger partial charge in [-0.15, -0.1) is 0 Å². The van der Waals surface area contributed by atoms with Crippen LogP contribution in [0.15, 0.2) is 24.3 Å². The number of hydrogen-bond donors (Lipinski definition) is 0. The highest BCUT2D eigenvalue weighted by molar-refractivity contribution is 5.87. The van der Waals surface area contributed by atoms with Gasteiger partial charge in [0, 0.05) is 25.3 Å².